The largest absolute Gasteiger partial charge is 0.392 e. The molecule has 1 aromatic heterocycles. The number of hydrogen-bond acceptors (Lipinski definition) is 4. The smallest absolute Gasteiger partial charge is 0.282 e. The minimum Gasteiger partial charge on any atom is -0.392 e. The molecule has 0 amide bonds. The molecule has 6 heteroatoms. The number of nitrogens with one attached hydrogen (secondary N) is 1. The molecule has 1 atom stereocenters. The van der Waals surface area contributed by atoms with Crippen LogP contribution in [0.2, 0.25) is 5.02 Å². The summed E-state index contributed by atoms with van der Waals surface area (Å²) in [4.78, 5) is 15.8. The van der Waals surface area contributed by atoms with Gasteiger partial charge in [0.1, 0.15) is 0 Å². The van der Waals surface area contributed by atoms with Crippen LogP contribution < -0.4 is 10.9 Å². The zero-order chi connectivity index (χ0) is 13.3. The lowest BCUT2D eigenvalue weighted by Crippen LogP contribution is -2.22. The first kappa shape index (κ1) is 12.9. The topological polar surface area (TPSA) is 67.2 Å². The standard InChI is InChI=1S/C12H14ClN3O2/c1-7(17)6-14-12-15-11(18)9-5-8(13)3-4-10(9)16(12)2/h3-5,7,17H,6H2,1-2H3,(H,14,15,18). The lowest BCUT2D eigenvalue weighted by atomic mass is 10.2. The molecule has 0 saturated heterocycles. The number of halogens is 1. The van der Waals surface area contributed by atoms with Crippen molar-refractivity contribution in [2.24, 2.45) is 7.05 Å². The number of aromatic nitrogens is 2. The van der Waals surface area contributed by atoms with E-state index < -0.39 is 6.10 Å². The van der Waals surface area contributed by atoms with Gasteiger partial charge in [-0.1, -0.05) is 11.6 Å². The maximum absolute atomic E-state index is 11.9. The van der Waals surface area contributed by atoms with Crippen LogP contribution in [0.5, 0.6) is 0 Å². The van der Waals surface area contributed by atoms with Crippen LogP contribution in [0.1, 0.15) is 6.92 Å². The Hall–Kier alpha value is -1.59. The Morgan fingerprint density at radius 1 is 1.56 bits per heavy atom. The van der Waals surface area contributed by atoms with E-state index in [0.29, 0.717) is 22.9 Å². The van der Waals surface area contributed by atoms with Crippen molar-refractivity contribution >= 4 is 28.5 Å². The van der Waals surface area contributed by atoms with Crippen LogP contribution in [-0.2, 0) is 7.05 Å². The van der Waals surface area contributed by atoms with Crippen molar-refractivity contribution in [2.45, 2.75) is 13.0 Å². The van der Waals surface area contributed by atoms with E-state index in [1.165, 1.54) is 0 Å². The number of nitrogens with zero attached hydrogens (tertiary/aromatic N) is 2. The lowest BCUT2D eigenvalue weighted by molar-refractivity contribution is 0.208. The number of aryl methyl sites for hydroxylation is 1. The van der Waals surface area contributed by atoms with E-state index in [9.17, 15) is 9.90 Å². The third-order valence-electron chi connectivity index (χ3n) is 2.63. The van der Waals surface area contributed by atoms with E-state index >= 15 is 0 Å². The molecule has 0 aliphatic rings. The quantitative estimate of drug-likeness (QED) is 0.882. The normalized spacial score (nSPS) is 12.7. The lowest BCUT2D eigenvalue weighted by Gasteiger charge is -2.13. The fraction of sp³-hybridized carbons (Fsp3) is 0.333. The second kappa shape index (κ2) is 4.96. The molecule has 1 aromatic carbocycles. The molecule has 0 spiro atoms. The van der Waals surface area contributed by atoms with Crippen molar-refractivity contribution in [1.82, 2.24) is 9.55 Å². The van der Waals surface area contributed by atoms with Gasteiger partial charge < -0.3 is 15.0 Å². The van der Waals surface area contributed by atoms with Crippen molar-refractivity contribution in [3.8, 4) is 0 Å². The van der Waals surface area contributed by atoms with Crippen molar-refractivity contribution in [3.05, 3.63) is 33.6 Å². The van der Waals surface area contributed by atoms with Gasteiger partial charge in [-0.3, -0.25) is 4.79 Å². The van der Waals surface area contributed by atoms with Crippen LogP contribution in [0.25, 0.3) is 10.9 Å². The van der Waals surface area contributed by atoms with Gasteiger partial charge in [0.15, 0.2) is 0 Å². The Morgan fingerprint density at radius 2 is 2.28 bits per heavy atom. The number of aliphatic hydroxyl groups is 1. The van der Waals surface area contributed by atoms with Gasteiger partial charge in [-0.15, -0.1) is 0 Å². The van der Waals surface area contributed by atoms with Crippen molar-refractivity contribution < 1.29 is 5.11 Å². The molecule has 1 unspecified atom stereocenters. The summed E-state index contributed by atoms with van der Waals surface area (Å²) in [7, 11) is 1.80. The molecule has 1 heterocycles. The molecule has 0 bridgehead atoms. The second-order valence-electron chi connectivity index (χ2n) is 4.19. The molecule has 5 nitrogen and oxygen atoms in total. The van der Waals surface area contributed by atoms with E-state index in [2.05, 4.69) is 10.3 Å². The first-order chi connectivity index (χ1) is 8.49. The third kappa shape index (κ3) is 2.47. The molecule has 2 rings (SSSR count). The Kier molecular flexibility index (Phi) is 3.54. The van der Waals surface area contributed by atoms with Gasteiger partial charge in [-0.2, -0.15) is 4.98 Å². The molecule has 0 aliphatic carbocycles. The number of fused-ring (bicyclic) bond motifs is 1. The summed E-state index contributed by atoms with van der Waals surface area (Å²) in [6.45, 7) is 1.99. The van der Waals surface area contributed by atoms with Crippen LogP contribution in [0, 0.1) is 0 Å². The second-order valence-corrected chi connectivity index (χ2v) is 4.63. The van der Waals surface area contributed by atoms with Gasteiger partial charge in [-0.05, 0) is 25.1 Å². The summed E-state index contributed by atoms with van der Waals surface area (Å²) in [6, 6.07) is 5.10. The first-order valence-electron chi connectivity index (χ1n) is 5.57. The van der Waals surface area contributed by atoms with E-state index in [1.807, 2.05) is 0 Å². The average Bonchev–Trinajstić information content (AvgIpc) is 2.31. The Bertz CT molecular complexity index is 637. The van der Waals surface area contributed by atoms with Crippen molar-refractivity contribution in [3.63, 3.8) is 0 Å². The summed E-state index contributed by atoms with van der Waals surface area (Å²) < 4.78 is 1.76. The summed E-state index contributed by atoms with van der Waals surface area (Å²) in [6.07, 6.45) is -0.511. The van der Waals surface area contributed by atoms with Crippen LogP contribution in [-0.4, -0.2) is 27.3 Å². The van der Waals surface area contributed by atoms with Crippen LogP contribution >= 0.6 is 11.6 Å². The van der Waals surface area contributed by atoms with E-state index in [4.69, 9.17) is 11.6 Å². The number of benzene rings is 1. The summed E-state index contributed by atoms with van der Waals surface area (Å²) >= 11 is 5.86. The molecule has 2 N–H and O–H groups in total. The molecule has 0 radical (unpaired) electrons. The zero-order valence-electron chi connectivity index (χ0n) is 10.1. The van der Waals surface area contributed by atoms with Crippen LogP contribution in [0.15, 0.2) is 23.0 Å². The van der Waals surface area contributed by atoms with Gasteiger partial charge in [0.05, 0.1) is 17.0 Å². The van der Waals surface area contributed by atoms with E-state index in [0.717, 1.165) is 5.52 Å². The zero-order valence-corrected chi connectivity index (χ0v) is 10.9. The van der Waals surface area contributed by atoms with Crippen LogP contribution in [0.4, 0.5) is 5.95 Å². The minimum absolute atomic E-state index is 0.333. The minimum atomic E-state index is -0.511. The SMILES string of the molecule is CC(O)CNc1nc(=O)c2cc(Cl)ccc2n1C. The average molecular weight is 268 g/mol. The maximum atomic E-state index is 11.9. The Morgan fingerprint density at radius 3 is 2.94 bits per heavy atom. The molecule has 18 heavy (non-hydrogen) atoms. The van der Waals surface area contributed by atoms with Gasteiger partial charge in [0, 0.05) is 18.6 Å². The fourth-order valence-corrected chi connectivity index (χ4v) is 1.89. The van der Waals surface area contributed by atoms with Gasteiger partial charge in [0.2, 0.25) is 5.95 Å². The van der Waals surface area contributed by atoms with Gasteiger partial charge in [-0.25, -0.2) is 0 Å². The monoisotopic (exact) mass is 267 g/mol. The number of aliphatic hydroxyl groups excluding tert-OH is 1. The highest BCUT2D eigenvalue weighted by Gasteiger charge is 2.08. The molecule has 2 aromatic rings. The molecule has 0 aliphatic heterocycles. The van der Waals surface area contributed by atoms with E-state index in [-0.39, 0.29) is 5.56 Å². The highest BCUT2D eigenvalue weighted by Crippen LogP contribution is 2.17. The predicted octanol–water partition coefficient (Wildman–Crippen LogP) is 1.38. The first-order valence-corrected chi connectivity index (χ1v) is 5.95. The summed E-state index contributed by atoms with van der Waals surface area (Å²) in [5.41, 5.74) is 0.409. The maximum Gasteiger partial charge on any atom is 0.282 e. The van der Waals surface area contributed by atoms with Crippen LogP contribution in [0.3, 0.4) is 0 Å². The predicted molar refractivity (Wildman–Crippen MR) is 72.2 cm³/mol. The summed E-state index contributed by atoms with van der Waals surface area (Å²) in [5.74, 6) is 0.427. The molecular formula is C12H14ClN3O2. The third-order valence-corrected chi connectivity index (χ3v) is 2.87. The molecule has 0 saturated carbocycles. The fourth-order valence-electron chi connectivity index (χ4n) is 1.71. The van der Waals surface area contributed by atoms with Gasteiger partial charge >= 0.3 is 0 Å². The Balaban J connectivity index is 2.55. The van der Waals surface area contributed by atoms with Gasteiger partial charge in [0.25, 0.3) is 5.56 Å². The Labute approximate surface area is 109 Å². The number of rotatable bonds is 3. The van der Waals surface area contributed by atoms with Crippen molar-refractivity contribution in [2.75, 3.05) is 11.9 Å². The van der Waals surface area contributed by atoms with E-state index in [1.54, 1.807) is 36.7 Å². The summed E-state index contributed by atoms with van der Waals surface area (Å²) in [5, 5.41) is 13.1. The molecular weight excluding hydrogens is 254 g/mol. The molecule has 0 fully saturated rings. The molecule has 96 valence electrons. The highest BCUT2D eigenvalue weighted by molar-refractivity contribution is 6.31. The highest BCUT2D eigenvalue weighted by atomic mass is 35.5. The number of hydrogen-bond donors (Lipinski definition) is 2. The number of anilines is 1. The van der Waals surface area contributed by atoms with Crippen molar-refractivity contribution in [1.29, 1.82) is 0 Å².